The number of hydrogen-bond donors (Lipinski definition) is 2. The number of rotatable bonds is 5. The van der Waals surface area contributed by atoms with Gasteiger partial charge in [-0.1, -0.05) is 34.1 Å². The fraction of sp³-hybridized carbons (Fsp3) is 0.0526. The second-order valence-electron chi connectivity index (χ2n) is 5.97. The molecule has 2 N–H and O–H groups in total. The van der Waals surface area contributed by atoms with Crippen molar-refractivity contribution in [2.45, 2.75) is 6.54 Å². The molecular formula is C19H15BrN6O2. The minimum Gasteiger partial charge on any atom is -0.340 e. The Morgan fingerprint density at radius 3 is 2.50 bits per heavy atom. The van der Waals surface area contributed by atoms with E-state index in [0.717, 1.165) is 14.8 Å². The van der Waals surface area contributed by atoms with Crippen LogP contribution in [0.5, 0.6) is 0 Å². The minimum atomic E-state index is -0.431. The van der Waals surface area contributed by atoms with Crippen LogP contribution in [0.15, 0.2) is 76.1 Å². The summed E-state index contributed by atoms with van der Waals surface area (Å²) in [5, 5.41) is 10.0. The molecule has 0 saturated heterocycles. The topological polar surface area (TPSA) is 93.3 Å². The third kappa shape index (κ3) is 3.94. The van der Waals surface area contributed by atoms with Crippen molar-refractivity contribution in [3.63, 3.8) is 0 Å². The van der Waals surface area contributed by atoms with Crippen LogP contribution in [0.3, 0.4) is 0 Å². The van der Waals surface area contributed by atoms with Gasteiger partial charge in [-0.3, -0.25) is 4.79 Å². The number of anilines is 3. The Bertz CT molecular complexity index is 1180. The number of aromatic nitrogens is 4. The van der Waals surface area contributed by atoms with Crippen molar-refractivity contribution >= 4 is 44.8 Å². The smallest absolute Gasteiger partial charge is 0.340 e. The molecule has 0 aliphatic carbocycles. The fourth-order valence-electron chi connectivity index (χ4n) is 2.62. The third-order valence-electron chi connectivity index (χ3n) is 3.92. The summed E-state index contributed by atoms with van der Waals surface area (Å²) in [6.07, 6.45) is 1.58. The number of nitrogens with one attached hydrogen (secondary N) is 2. The number of fused-ring (bicyclic) bond motifs is 1. The van der Waals surface area contributed by atoms with Crippen molar-refractivity contribution in [1.82, 2.24) is 19.2 Å². The van der Waals surface area contributed by atoms with Crippen molar-refractivity contribution < 1.29 is 4.79 Å². The van der Waals surface area contributed by atoms with Gasteiger partial charge in [-0.05, 0) is 42.5 Å². The van der Waals surface area contributed by atoms with Crippen LogP contribution in [0.25, 0.3) is 5.78 Å². The van der Waals surface area contributed by atoms with Crippen LogP contribution < -0.4 is 16.3 Å². The average molecular weight is 439 g/mol. The third-order valence-corrected chi connectivity index (χ3v) is 4.45. The van der Waals surface area contributed by atoms with Crippen molar-refractivity contribution in [1.29, 1.82) is 0 Å². The summed E-state index contributed by atoms with van der Waals surface area (Å²) in [5.74, 6) is 0.410. The standard InChI is InChI=1S/C19H15BrN6O2/c20-13-6-8-15(9-7-13)22-17(27)12-26-19(28)25-11-10-16(23-18(25)24-26)21-14-4-2-1-3-5-14/h1-11H,12H2,(H,22,27)(H,21,23,24). The molecule has 2 aromatic heterocycles. The summed E-state index contributed by atoms with van der Waals surface area (Å²) in [6, 6.07) is 18.4. The van der Waals surface area contributed by atoms with E-state index in [-0.39, 0.29) is 18.2 Å². The van der Waals surface area contributed by atoms with Crippen molar-refractivity contribution in [3.05, 3.63) is 81.8 Å². The molecule has 4 aromatic rings. The zero-order chi connectivity index (χ0) is 19.5. The zero-order valence-electron chi connectivity index (χ0n) is 14.5. The molecule has 0 bridgehead atoms. The molecule has 9 heteroatoms. The number of halogens is 1. The van der Waals surface area contributed by atoms with Crippen LogP contribution >= 0.6 is 15.9 Å². The Hall–Kier alpha value is -3.46. The second kappa shape index (κ2) is 7.65. The fourth-order valence-corrected chi connectivity index (χ4v) is 2.88. The quantitative estimate of drug-likeness (QED) is 0.499. The predicted molar refractivity (Wildman–Crippen MR) is 110 cm³/mol. The highest BCUT2D eigenvalue weighted by molar-refractivity contribution is 9.10. The first kappa shape index (κ1) is 17.9. The molecule has 140 valence electrons. The van der Waals surface area contributed by atoms with Gasteiger partial charge in [0.2, 0.25) is 5.91 Å². The maximum atomic E-state index is 12.4. The summed E-state index contributed by atoms with van der Waals surface area (Å²) >= 11 is 3.34. The number of amides is 1. The van der Waals surface area contributed by atoms with Crippen LogP contribution in [0.1, 0.15) is 0 Å². The summed E-state index contributed by atoms with van der Waals surface area (Å²) in [4.78, 5) is 29.0. The predicted octanol–water partition coefficient (Wildman–Crippen LogP) is 3.04. The van der Waals surface area contributed by atoms with Gasteiger partial charge in [0.05, 0.1) is 0 Å². The van der Waals surface area contributed by atoms with Gasteiger partial charge in [-0.15, -0.1) is 5.10 Å². The molecule has 0 radical (unpaired) electrons. The van der Waals surface area contributed by atoms with Crippen molar-refractivity contribution in [2.75, 3.05) is 10.6 Å². The molecule has 2 aromatic carbocycles. The number of hydrogen-bond acceptors (Lipinski definition) is 5. The van der Waals surface area contributed by atoms with E-state index >= 15 is 0 Å². The first-order chi connectivity index (χ1) is 13.6. The van der Waals surface area contributed by atoms with Gasteiger partial charge in [0.15, 0.2) is 0 Å². The summed E-state index contributed by atoms with van der Waals surface area (Å²) in [6.45, 7) is -0.209. The molecule has 0 aliphatic heterocycles. The van der Waals surface area contributed by atoms with E-state index in [1.807, 2.05) is 42.5 Å². The van der Waals surface area contributed by atoms with Gasteiger partial charge in [-0.2, -0.15) is 4.98 Å². The van der Waals surface area contributed by atoms with E-state index in [0.29, 0.717) is 11.5 Å². The molecule has 0 unspecified atom stereocenters. The lowest BCUT2D eigenvalue weighted by Gasteiger charge is -2.04. The molecule has 1 amide bonds. The van der Waals surface area contributed by atoms with E-state index in [2.05, 4.69) is 36.6 Å². The van der Waals surface area contributed by atoms with E-state index in [1.54, 1.807) is 24.4 Å². The first-order valence-electron chi connectivity index (χ1n) is 8.42. The Morgan fingerprint density at radius 2 is 1.75 bits per heavy atom. The Morgan fingerprint density at radius 1 is 1.00 bits per heavy atom. The van der Waals surface area contributed by atoms with Gasteiger partial charge >= 0.3 is 5.69 Å². The number of nitrogens with zero attached hydrogens (tertiary/aromatic N) is 4. The maximum Gasteiger partial charge on any atom is 0.352 e. The molecule has 0 fully saturated rings. The van der Waals surface area contributed by atoms with Crippen molar-refractivity contribution in [2.24, 2.45) is 0 Å². The second-order valence-corrected chi connectivity index (χ2v) is 6.88. The molecule has 8 nitrogen and oxygen atoms in total. The van der Waals surface area contributed by atoms with E-state index < -0.39 is 5.69 Å². The summed E-state index contributed by atoms with van der Waals surface area (Å²) in [5.41, 5.74) is 1.08. The number of benzene rings is 2. The van der Waals surface area contributed by atoms with Gasteiger partial charge in [0.1, 0.15) is 12.4 Å². The summed E-state index contributed by atoms with van der Waals surface area (Å²) in [7, 11) is 0. The molecule has 0 spiro atoms. The largest absolute Gasteiger partial charge is 0.352 e. The Labute approximate surface area is 168 Å². The normalized spacial score (nSPS) is 10.8. The van der Waals surface area contributed by atoms with E-state index in [9.17, 15) is 9.59 Å². The molecule has 0 aliphatic rings. The lowest BCUT2D eigenvalue weighted by atomic mass is 10.3. The molecule has 4 rings (SSSR count). The van der Waals surface area contributed by atoms with Gasteiger partial charge in [0.25, 0.3) is 5.78 Å². The van der Waals surface area contributed by atoms with Crippen molar-refractivity contribution in [3.8, 4) is 0 Å². The van der Waals surface area contributed by atoms with E-state index in [1.165, 1.54) is 4.40 Å². The number of carbonyl (C=O) groups excluding carboxylic acids is 1. The lowest BCUT2D eigenvalue weighted by molar-refractivity contribution is -0.117. The van der Waals surface area contributed by atoms with Crippen LogP contribution in [-0.2, 0) is 11.3 Å². The molecule has 28 heavy (non-hydrogen) atoms. The van der Waals surface area contributed by atoms with Crippen LogP contribution in [-0.4, -0.2) is 25.1 Å². The Balaban J connectivity index is 1.52. The lowest BCUT2D eigenvalue weighted by Crippen LogP contribution is -2.28. The molecule has 0 saturated carbocycles. The Kier molecular flexibility index (Phi) is 4.90. The molecule has 2 heterocycles. The minimum absolute atomic E-state index is 0.209. The van der Waals surface area contributed by atoms with Crippen LogP contribution in [0, 0.1) is 0 Å². The van der Waals surface area contributed by atoms with E-state index in [4.69, 9.17) is 0 Å². The highest BCUT2D eigenvalue weighted by atomic mass is 79.9. The average Bonchev–Trinajstić information content (AvgIpc) is 2.99. The molecular weight excluding hydrogens is 424 g/mol. The number of para-hydroxylation sites is 1. The van der Waals surface area contributed by atoms with Gasteiger partial charge in [-0.25, -0.2) is 13.9 Å². The van der Waals surface area contributed by atoms with Crippen LogP contribution in [0.2, 0.25) is 0 Å². The highest BCUT2D eigenvalue weighted by Crippen LogP contribution is 2.15. The van der Waals surface area contributed by atoms with Gasteiger partial charge in [0, 0.05) is 22.0 Å². The maximum absolute atomic E-state index is 12.4. The van der Waals surface area contributed by atoms with Crippen LogP contribution in [0.4, 0.5) is 17.2 Å². The monoisotopic (exact) mass is 438 g/mol. The zero-order valence-corrected chi connectivity index (χ0v) is 16.1. The molecule has 0 atom stereocenters. The van der Waals surface area contributed by atoms with Gasteiger partial charge < -0.3 is 10.6 Å². The highest BCUT2D eigenvalue weighted by Gasteiger charge is 2.12. The SMILES string of the molecule is O=C(Cn1nc2nc(Nc3ccccc3)ccn2c1=O)Nc1ccc(Br)cc1. The number of carbonyl (C=O) groups is 1. The summed E-state index contributed by atoms with van der Waals surface area (Å²) < 4.78 is 3.29. The first-order valence-corrected chi connectivity index (χ1v) is 9.21.